The van der Waals surface area contributed by atoms with E-state index in [2.05, 4.69) is 20.4 Å². The third kappa shape index (κ3) is 5.88. The summed E-state index contributed by atoms with van der Waals surface area (Å²) in [6.07, 6.45) is -0.522. The first-order valence-electron chi connectivity index (χ1n) is 8.49. The van der Waals surface area contributed by atoms with Gasteiger partial charge in [0.05, 0.1) is 6.04 Å². The second kappa shape index (κ2) is 8.20. The Morgan fingerprint density at radius 3 is 2.56 bits per heavy atom. The van der Waals surface area contributed by atoms with Crippen LogP contribution >= 0.6 is 11.8 Å². The number of amidine groups is 1. The summed E-state index contributed by atoms with van der Waals surface area (Å²) in [7, 11) is 0. The Morgan fingerprint density at radius 1 is 1.26 bits per heavy atom. The third-order valence-electron chi connectivity index (χ3n) is 4.14. The molecular weight excluding hydrogens is 383 g/mol. The molecule has 0 radical (unpaired) electrons. The molecule has 1 atom stereocenters. The molecule has 1 aliphatic carbocycles. The van der Waals surface area contributed by atoms with Gasteiger partial charge < -0.3 is 15.4 Å². The molecule has 2 N–H and O–H groups in total. The lowest BCUT2D eigenvalue weighted by Crippen LogP contribution is -2.28. The summed E-state index contributed by atoms with van der Waals surface area (Å²) >= 11 is 1.24. The summed E-state index contributed by atoms with van der Waals surface area (Å²) in [6.45, 7) is 0. The number of carbonyl (C=O) groups excluding carboxylic acids is 2. The molecular formula is C17H18F3N3O3S. The molecule has 27 heavy (non-hydrogen) atoms. The zero-order valence-electron chi connectivity index (χ0n) is 14.2. The molecule has 0 bridgehead atoms. The molecule has 1 aromatic rings. The standard InChI is InChI=1S/C17H18F3N3O3S/c18-17(19,20)26-12-7-5-11(6-8-12)21-14(24)9-13-15(25)23-16(27-13)22-10-3-1-2-4-10/h5-8,10,13H,1-4,9H2,(H,21,24)(H,22,23,25)/t13-/m0/s1. The highest BCUT2D eigenvalue weighted by atomic mass is 32.2. The van der Waals surface area contributed by atoms with Crippen molar-refractivity contribution < 1.29 is 27.5 Å². The highest BCUT2D eigenvalue weighted by molar-refractivity contribution is 8.15. The molecule has 1 saturated carbocycles. The second-order valence-corrected chi connectivity index (χ2v) is 7.48. The molecule has 3 rings (SSSR count). The third-order valence-corrected chi connectivity index (χ3v) is 5.24. The Hall–Kier alpha value is -2.23. The first kappa shape index (κ1) is 19.5. The van der Waals surface area contributed by atoms with Gasteiger partial charge in [-0.3, -0.25) is 14.6 Å². The predicted octanol–water partition coefficient (Wildman–Crippen LogP) is 3.44. The number of alkyl halides is 3. The van der Waals surface area contributed by atoms with Gasteiger partial charge in [0.15, 0.2) is 5.17 Å². The fourth-order valence-corrected chi connectivity index (χ4v) is 3.96. The SMILES string of the molecule is O=C(C[C@@H]1SC(=NC2CCCC2)NC1=O)Nc1ccc(OC(F)(F)F)cc1. The fraction of sp³-hybridized carbons (Fsp3) is 0.471. The highest BCUT2D eigenvalue weighted by Crippen LogP contribution is 2.28. The number of anilines is 1. The number of hydrogen-bond acceptors (Lipinski definition) is 5. The van der Waals surface area contributed by atoms with Crippen LogP contribution in [0, 0.1) is 0 Å². The van der Waals surface area contributed by atoms with Crippen molar-refractivity contribution in [1.29, 1.82) is 0 Å². The van der Waals surface area contributed by atoms with E-state index in [-0.39, 0.29) is 24.1 Å². The van der Waals surface area contributed by atoms with E-state index in [9.17, 15) is 22.8 Å². The van der Waals surface area contributed by atoms with Crippen molar-refractivity contribution in [3.05, 3.63) is 24.3 Å². The number of carbonyl (C=O) groups is 2. The zero-order valence-corrected chi connectivity index (χ0v) is 15.0. The minimum atomic E-state index is -4.77. The smallest absolute Gasteiger partial charge is 0.406 e. The van der Waals surface area contributed by atoms with Gasteiger partial charge in [-0.05, 0) is 37.1 Å². The summed E-state index contributed by atoms with van der Waals surface area (Å²) < 4.78 is 40.2. The maximum absolute atomic E-state index is 12.1. The lowest BCUT2D eigenvalue weighted by atomic mass is 10.2. The van der Waals surface area contributed by atoms with Crippen LogP contribution in [0.3, 0.4) is 0 Å². The van der Waals surface area contributed by atoms with Gasteiger partial charge in [-0.1, -0.05) is 24.6 Å². The highest BCUT2D eigenvalue weighted by Gasteiger charge is 2.33. The van der Waals surface area contributed by atoms with E-state index < -0.39 is 17.5 Å². The molecule has 1 aliphatic heterocycles. The van der Waals surface area contributed by atoms with Crippen molar-refractivity contribution in [2.75, 3.05) is 5.32 Å². The van der Waals surface area contributed by atoms with E-state index in [1.54, 1.807) is 0 Å². The van der Waals surface area contributed by atoms with Gasteiger partial charge in [-0.25, -0.2) is 0 Å². The predicted molar refractivity (Wildman–Crippen MR) is 95.6 cm³/mol. The van der Waals surface area contributed by atoms with Crippen molar-refractivity contribution in [3.63, 3.8) is 0 Å². The fourth-order valence-electron chi connectivity index (χ4n) is 2.92. The van der Waals surface area contributed by atoms with Crippen molar-refractivity contribution in [3.8, 4) is 5.75 Å². The van der Waals surface area contributed by atoms with Crippen molar-refractivity contribution in [1.82, 2.24) is 5.32 Å². The Bertz CT molecular complexity index is 731. The average molecular weight is 401 g/mol. The van der Waals surface area contributed by atoms with Gasteiger partial charge in [0.25, 0.3) is 0 Å². The summed E-state index contributed by atoms with van der Waals surface area (Å²) in [6, 6.07) is 5.04. The second-order valence-electron chi connectivity index (χ2n) is 6.29. The molecule has 1 heterocycles. The minimum absolute atomic E-state index is 0.0546. The number of ether oxygens (including phenoxy) is 1. The van der Waals surface area contributed by atoms with E-state index >= 15 is 0 Å². The number of hydrogen-bond donors (Lipinski definition) is 2. The lowest BCUT2D eigenvalue weighted by Gasteiger charge is -2.10. The first-order chi connectivity index (χ1) is 12.8. The summed E-state index contributed by atoms with van der Waals surface area (Å²) in [4.78, 5) is 28.6. The largest absolute Gasteiger partial charge is 0.573 e. The summed E-state index contributed by atoms with van der Waals surface area (Å²) in [5.41, 5.74) is 0.317. The van der Waals surface area contributed by atoms with E-state index in [0.717, 1.165) is 37.8 Å². The number of halogens is 3. The van der Waals surface area contributed by atoms with Gasteiger partial charge in [0, 0.05) is 12.1 Å². The Morgan fingerprint density at radius 2 is 1.93 bits per heavy atom. The summed E-state index contributed by atoms with van der Waals surface area (Å²) in [5, 5.41) is 5.24. The maximum Gasteiger partial charge on any atom is 0.573 e. The average Bonchev–Trinajstić information content (AvgIpc) is 3.18. The van der Waals surface area contributed by atoms with Gasteiger partial charge in [0.1, 0.15) is 11.0 Å². The van der Waals surface area contributed by atoms with Gasteiger partial charge >= 0.3 is 6.36 Å². The molecule has 1 aromatic carbocycles. The van der Waals surface area contributed by atoms with E-state index in [1.165, 1.54) is 23.9 Å². The van der Waals surface area contributed by atoms with Gasteiger partial charge in [-0.15, -0.1) is 13.2 Å². The topological polar surface area (TPSA) is 79.8 Å². The number of rotatable bonds is 5. The van der Waals surface area contributed by atoms with Gasteiger partial charge in [-0.2, -0.15) is 0 Å². The van der Waals surface area contributed by atoms with E-state index in [0.29, 0.717) is 10.9 Å². The van der Waals surface area contributed by atoms with Crippen LogP contribution in [0.2, 0.25) is 0 Å². The number of nitrogens with zero attached hydrogens (tertiary/aromatic N) is 1. The van der Waals surface area contributed by atoms with E-state index in [1.807, 2.05) is 0 Å². The van der Waals surface area contributed by atoms with Crippen LogP contribution in [-0.2, 0) is 9.59 Å². The first-order valence-corrected chi connectivity index (χ1v) is 9.37. The van der Waals surface area contributed by atoms with Crippen LogP contribution in [0.25, 0.3) is 0 Å². The van der Waals surface area contributed by atoms with Crippen molar-refractivity contribution >= 4 is 34.4 Å². The summed E-state index contributed by atoms with van der Waals surface area (Å²) in [5.74, 6) is -1.05. The number of aliphatic imine (C=N–C) groups is 1. The normalized spacial score (nSPS) is 22.1. The van der Waals surface area contributed by atoms with E-state index in [4.69, 9.17) is 0 Å². The van der Waals surface area contributed by atoms with Crippen molar-refractivity contribution in [2.45, 2.75) is 49.8 Å². The molecule has 0 spiro atoms. The zero-order chi connectivity index (χ0) is 19.4. The molecule has 0 unspecified atom stereocenters. The van der Waals surface area contributed by atoms with Gasteiger partial charge in [0.2, 0.25) is 11.8 Å². The molecule has 2 fully saturated rings. The van der Waals surface area contributed by atoms with Crippen LogP contribution in [0.1, 0.15) is 32.1 Å². The number of amides is 2. The quantitative estimate of drug-likeness (QED) is 0.792. The van der Waals surface area contributed by atoms with Crippen molar-refractivity contribution in [2.24, 2.45) is 4.99 Å². The molecule has 10 heteroatoms. The number of nitrogens with one attached hydrogen (secondary N) is 2. The molecule has 0 aromatic heterocycles. The van der Waals surface area contributed by atoms with Crippen LogP contribution < -0.4 is 15.4 Å². The Balaban J connectivity index is 1.51. The Kier molecular flexibility index (Phi) is 5.93. The monoisotopic (exact) mass is 401 g/mol. The molecule has 2 aliphatic rings. The Labute approximate surface area is 157 Å². The minimum Gasteiger partial charge on any atom is -0.406 e. The maximum atomic E-state index is 12.1. The van der Waals surface area contributed by atoms with Crippen LogP contribution in [0.15, 0.2) is 29.3 Å². The molecule has 1 saturated heterocycles. The van der Waals surface area contributed by atoms with Crippen LogP contribution in [0.5, 0.6) is 5.75 Å². The van der Waals surface area contributed by atoms with Crippen LogP contribution in [-0.4, -0.2) is 34.6 Å². The lowest BCUT2D eigenvalue weighted by molar-refractivity contribution is -0.274. The van der Waals surface area contributed by atoms with Crippen LogP contribution in [0.4, 0.5) is 18.9 Å². The number of benzene rings is 1. The molecule has 2 amide bonds. The molecule has 146 valence electrons. The number of thioether (sulfide) groups is 1. The molecule has 6 nitrogen and oxygen atoms in total.